The lowest BCUT2D eigenvalue weighted by molar-refractivity contribution is 0.228. The van der Waals surface area contributed by atoms with Crippen LogP contribution in [0, 0.1) is 0 Å². The summed E-state index contributed by atoms with van der Waals surface area (Å²) in [6.07, 6.45) is 0. The molecular formula is C12H15Cl2NOS. The quantitative estimate of drug-likeness (QED) is 0.802. The predicted molar refractivity (Wildman–Crippen MR) is 76.1 cm³/mol. The number of rotatable bonds is 4. The van der Waals surface area contributed by atoms with Gasteiger partial charge in [0.15, 0.2) is 0 Å². The molecule has 0 unspecified atom stereocenters. The van der Waals surface area contributed by atoms with Crippen molar-refractivity contribution in [3.63, 3.8) is 0 Å². The summed E-state index contributed by atoms with van der Waals surface area (Å²) in [6.45, 7) is 5.40. The normalized spacial score (nSPS) is 10.4. The van der Waals surface area contributed by atoms with E-state index in [0.29, 0.717) is 15.8 Å². The molecule has 0 fully saturated rings. The smallest absolute Gasteiger partial charge is 0.281 e. The molecule has 94 valence electrons. The lowest BCUT2D eigenvalue weighted by Crippen LogP contribution is -2.26. The second kappa shape index (κ2) is 7.14. The zero-order valence-electron chi connectivity index (χ0n) is 9.87. The molecule has 0 aliphatic heterocycles. The summed E-state index contributed by atoms with van der Waals surface area (Å²) in [5, 5.41) is 1.30. The van der Waals surface area contributed by atoms with Crippen LogP contribution in [-0.4, -0.2) is 23.2 Å². The summed E-state index contributed by atoms with van der Waals surface area (Å²) in [7, 11) is 0. The highest BCUT2D eigenvalue weighted by Crippen LogP contribution is 2.25. The van der Waals surface area contributed by atoms with Gasteiger partial charge in [-0.3, -0.25) is 4.79 Å². The lowest BCUT2D eigenvalue weighted by Gasteiger charge is -2.17. The van der Waals surface area contributed by atoms with Crippen molar-refractivity contribution in [3.05, 3.63) is 33.8 Å². The van der Waals surface area contributed by atoms with Gasteiger partial charge >= 0.3 is 0 Å². The van der Waals surface area contributed by atoms with Crippen LogP contribution < -0.4 is 0 Å². The predicted octanol–water partition coefficient (Wildman–Crippen LogP) is 4.69. The van der Waals surface area contributed by atoms with Crippen molar-refractivity contribution in [1.29, 1.82) is 0 Å². The molecule has 0 aliphatic carbocycles. The van der Waals surface area contributed by atoms with Crippen molar-refractivity contribution in [2.75, 3.05) is 13.1 Å². The highest BCUT2D eigenvalue weighted by atomic mass is 35.5. The molecule has 0 bridgehead atoms. The number of nitrogens with zero attached hydrogens (tertiary/aromatic N) is 1. The van der Waals surface area contributed by atoms with Gasteiger partial charge in [0.05, 0.1) is 0 Å². The molecule has 2 nitrogen and oxygen atoms in total. The SMILES string of the molecule is CCN(CC)C(=O)SCc1ccc(Cl)cc1Cl. The van der Waals surface area contributed by atoms with Gasteiger partial charge in [-0.25, -0.2) is 0 Å². The van der Waals surface area contributed by atoms with Gasteiger partial charge in [-0.1, -0.05) is 41.0 Å². The minimum atomic E-state index is 0.0843. The Morgan fingerprint density at radius 2 is 1.94 bits per heavy atom. The van der Waals surface area contributed by atoms with Gasteiger partial charge < -0.3 is 4.90 Å². The monoisotopic (exact) mass is 291 g/mol. The maximum Gasteiger partial charge on any atom is 0.281 e. The van der Waals surface area contributed by atoms with Crippen LogP contribution in [0.3, 0.4) is 0 Å². The summed E-state index contributed by atoms with van der Waals surface area (Å²) < 4.78 is 0. The number of benzene rings is 1. The van der Waals surface area contributed by atoms with Crippen LogP contribution in [-0.2, 0) is 5.75 Å². The molecule has 17 heavy (non-hydrogen) atoms. The molecule has 0 saturated heterocycles. The van der Waals surface area contributed by atoms with Crippen LogP contribution in [0.25, 0.3) is 0 Å². The Morgan fingerprint density at radius 1 is 1.29 bits per heavy atom. The van der Waals surface area contributed by atoms with Gasteiger partial charge in [0, 0.05) is 28.9 Å². The molecular weight excluding hydrogens is 277 g/mol. The van der Waals surface area contributed by atoms with E-state index < -0.39 is 0 Å². The Hall–Kier alpha value is -0.380. The zero-order valence-corrected chi connectivity index (χ0v) is 12.2. The average molecular weight is 292 g/mol. The van der Waals surface area contributed by atoms with E-state index in [9.17, 15) is 4.79 Å². The number of amides is 1. The van der Waals surface area contributed by atoms with Crippen molar-refractivity contribution in [2.24, 2.45) is 0 Å². The average Bonchev–Trinajstić information content (AvgIpc) is 2.29. The Balaban J connectivity index is 2.58. The van der Waals surface area contributed by atoms with E-state index >= 15 is 0 Å². The maximum absolute atomic E-state index is 11.8. The lowest BCUT2D eigenvalue weighted by atomic mass is 10.2. The minimum Gasteiger partial charge on any atom is -0.334 e. The van der Waals surface area contributed by atoms with Gasteiger partial charge in [-0.2, -0.15) is 0 Å². The minimum absolute atomic E-state index is 0.0843. The Bertz CT molecular complexity index is 394. The van der Waals surface area contributed by atoms with E-state index in [1.54, 1.807) is 17.0 Å². The van der Waals surface area contributed by atoms with Gasteiger partial charge in [0.25, 0.3) is 5.24 Å². The molecule has 1 aromatic carbocycles. The van der Waals surface area contributed by atoms with Gasteiger partial charge in [0.1, 0.15) is 0 Å². The summed E-state index contributed by atoms with van der Waals surface area (Å²) in [5.74, 6) is 0.575. The summed E-state index contributed by atoms with van der Waals surface area (Å²) >= 11 is 13.1. The van der Waals surface area contributed by atoms with Crippen molar-refractivity contribution < 1.29 is 4.79 Å². The molecule has 1 aromatic rings. The molecule has 0 heterocycles. The molecule has 5 heteroatoms. The molecule has 1 amide bonds. The number of hydrogen-bond donors (Lipinski definition) is 0. The second-order valence-electron chi connectivity index (χ2n) is 3.46. The molecule has 0 radical (unpaired) electrons. The number of hydrogen-bond acceptors (Lipinski definition) is 2. The van der Waals surface area contributed by atoms with E-state index in [-0.39, 0.29) is 5.24 Å². The van der Waals surface area contributed by atoms with Crippen molar-refractivity contribution >= 4 is 40.2 Å². The maximum atomic E-state index is 11.8. The number of carbonyl (C=O) groups is 1. The van der Waals surface area contributed by atoms with Crippen molar-refractivity contribution in [2.45, 2.75) is 19.6 Å². The molecule has 0 N–H and O–H groups in total. The first kappa shape index (κ1) is 14.7. The number of carbonyl (C=O) groups excluding carboxylic acids is 1. The molecule has 0 saturated carbocycles. The summed E-state index contributed by atoms with van der Waals surface area (Å²) in [4.78, 5) is 13.6. The first-order valence-electron chi connectivity index (χ1n) is 5.44. The molecule has 0 atom stereocenters. The van der Waals surface area contributed by atoms with E-state index in [1.165, 1.54) is 11.8 Å². The van der Waals surface area contributed by atoms with Crippen LogP contribution >= 0.6 is 35.0 Å². The summed E-state index contributed by atoms with van der Waals surface area (Å²) in [5.41, 5.74) is 0.932. The Labute approximate surface area is 116 Å². The first-order valence-corrected chi connectivity index (χ1v) is 7.18. The molecule has 0 aliphatic rings. The first-order chi connectivity index (χ1) is 8.08. The van der Waals surface area contributed by atoms with Crippen molar-refractivity contribution in [3.8, 4) is 0 Å². The third-order valence-electron chi connectivity index (χ3n) is 2.39. The largest absolute Gasteiger partial charge is 0.334 e. The molecule has 1 rings (SSSR count). The Morgan fingerprint density at radius 3 is 2.47 bits per heavy atom. The van der Waals surface area contributed by atoms with E-state index in [4.69, 9.17) is 23.2 Å². The molecule has 0 spiro atoms. The van der Waals surface area contributed by atoms with E-state index in [2.05, 4.69) is 0 Å². The third kappa shape index (κ3) is 4.41. The van der Waals surface area contributed by atoms with Crippen LogP contribution in [0.4, 0.5) is 4.79 Å². The standard InChI is InChI=1S/C12H15Cl2NOS/c1-3-15(4-2)12(16)17-8-9-5-6-10(13)7-11(9)14/h5-7H,3-4,8H2,1-2H3. The van der Waals surface area contributed by atoms with E-state index in [0.717, 1.165) is 18.7 Å². The Kier molecular flexibility index (Phi) is 6.17. The van der Waals surface area contributed by atoms with Gasteiger partial charge in [-0.15, -0.1) is 0 Å². The second-order valence-corrected chi connectivity index (χ2v) is 5.23. The van der Waals surface area contributed by atoms with Crippen LogP contribution in [0.5, 0.6) is 0 Å². The summed E-state index contributed by atoms with van der Waals surface area (Å²) in [6, 6.07) is 5.33. The highest BCUT2D eigenvalue weighted by Gasteiger charge is 2.11. The topological polar surface area (TPSA) is 20.3 Å². The van der Waals surface area contributed by atoms with Gasteiger partial charge in [-0.05, 0) is 31.5 Å². The zero-order chi connectivity index (χ0) is 12.8. The fourth-order valence-electron chi connectivity index (χ4n) is 1.35. The van der Waals surface area contributed by atoms with Gasteiger partial charge in [0.2, 0.25) is 0 Å². The fourth-order valence-corrected chi connectivity index (χ4v) is 2.88. The molecule has 0 aromatic heterocycles. The van der Waals surface area contributed by atoms with E-state index in [1.807, 2.05) is 19.9 Å². The van der Waals surface area contributed by atoms with Crippen LogP contribution in [0.15, 0.2) is 18.2 Å². The fraction of sp³-hybridized carbons (Fsp3) is 0.417. The third-order valence-corrected chi connectivity index (χ3v) is 3.94. The van der Waals surface area contributed by atoms with Crippen LogP contribution in [0.1, 0.15) is 19.4 Å². The highest BCUT2D eigenvalue weighted by molar-refractivity contribution is 8.12. The number of thioether (sulfide) groups is 1. The van der Waals surface area contributed by atoms with Crippen molar-refractivity contribution in [1.82, 2.24) is 4.90 Å². The number of halogens is 2. The van der Waals surface area contributed by atoms with Crippen LogP contribution in [0.2, 0.25) is 10.0 Å².